The van der Waals surface area contributed by atoms with Gasteiger partial charge in [0.1, 0.15) is 0 Å². The first-order chi connectivity index (χ1) is 13.6. The highest BCUT2D eigenvalue weighted by Crippen LogP contribution is 2.48. The fourth-order valence-corrected chi connectivity index (χ4v) is 5.07. The minimum atomic E-state index is -0.0724. The van der Waals surface area contributed by atoms with Crippen LogP contribution in [0.15, 0.2) is 18.2 Å². The van der Waals surface area contributed by atoms with Gasteiger partial charge in [-0.3, -0.25) is 4.79 Å². The third kappa shape index (κ3) is 5.85. The predicted molar refractivity (Wildman–Crippen MR) is 115 cm³/mol. The van der Waals surface area contributed by atoms with Crippen molar-refractivity contribution in [3.63, 3.8) is 0 Å². The van der Waals surface area contributed by atoms with E-state index in [1.807, 2.05) is 12.1 Å². The minimum Gasteiger partial charge on any atom is -0.396 e. The van der Waals surface area contributed by atoms with E-state index in [9.17, 15) is 4.79 Å². The molecule has 2 fully saturated rings. The molecule has 1 amide bonds. The summed E-state index contributed by atoms with van der Waals surface area (Å²) in [6.45, 7) is 3.32. The van der Waals surface area contributed by atoms with E-state index < -0.39 is 0 Å². The summed E-state index contributed by atoms with van der Waals surface area (Å²) in [4.78, 5) is 12.8. The Bertz CT molecular complexity index is 643. The van der Waals surface area contributed by atoms with E-state index in [0.29, 0.717) is 16.0 Å². The molecule has 0 heterocycles. The van der Waals surface area contributed by atoms with E-state index in [1.165, 1.54) is 44.9 Å². The van der Waals surface area contributed by atoms with E-state index in [4.69, 9.17) is 16.7 Å². The van der Waals surface area contributed by atoms with Gasteiger partial charge in [-0.05, 0) is 61.8 Å². The average molecular weight is 408 g/mol. The summed E-state index contributed by atoms with van der Waals surface area (Å²) in [5.41, 5.74) is 1.74. The lowest BCUT2D eigenvalue weighted by Crippen LogP contribution is -2.43. The van der Waals surface area contributed by atoms with E-state index in [0.717, 1.165) is 44.2 Å². The molecule has 2 bridgehead atoms. The van der Waals surface area contributed by atoms with Crippen LogP contribution in [0.2, 0.25) is 5.02 Å². The zero-order valence-electron chi connectivity index (χ0n) is 16.7. The molecule has 6 heteroatoms. The maximum atomic E-state index is 12.8. The van der Waals surface area contributed by atoms with Crippen molar-refractivity contribution in [2.24, 2.45) is 11.3 Å². The third-order valence-corrected chi connectivity index (χ3v) is 6.67. The lowest BCUT2D eigenvalue weighted by atomic mass is 9.62. The maximum absolute atomic E-state index is 12.8. The highest BCUT2D eigenvalue weighted by molar-refractivity contribution is 6.34. The number of halogens is 1. The number of rotatable bonds is 10. The van der Waals surface area contributed by atoms with Gasteiger partial charge < -0.3 is 21.1 Å². The monoisotopic (exact) mass is 407 g/mol. The Morgan fingerprint density at radius 1 is 1.18 bits per heavy atom. The molecule has 1 aromatic carbocycles. The van der Waals surface area contributed by atoms with Gasteiger partial charge in [-0.15, -0.1) is 0 Å². The molecule has 28 heavy (non-hydrogen) atoms. The topological polar surface area (TPSA) is 73.4 Å². The van der Waals surface area contributed by atoms with Crippen molar-refractivity contribution in [2.75, 3.05) is 38.1 Å². The quantitative estimate of drug-likeness (QED) is 0.445. The smallest absolute Gasteiger partial charge is 0.252 e. The van der Waals surface area contributed by atoms with E-state index >= 15 is 0 Å². The fraction of sp³-hybridized carbons (Fsp3) is 0.682. The minimum absolute atomic E-state index is 0.0724. The van der Waals surface area contributed by atoms with Crippen LogP contribution in [0.3, 0.4) is 0 Å². The zero-order valence-corrected chi connectivity index (χ0v) is 17.5. The van der Waals surface area contributed by atoms with Gasteiger partial charge in [0.05, 0.1) is 10.6 Å². The Hall–Kier alpha value is -1.30. The van der Waals surface area contributed by atoms with Crippen molar-refractivity contribution in [1.29, 1.82) is 0 Å². The Balaban J connectivity index is 1.51. The van der Waals surface area contributed by atoms with Crippen LogP contribution in [0.4, 0.5) is 5.69 Å². The molecule has 0 atom stereocenters. The first-order valence-corrected chi connectivity index (χ1v) is 11.1. The molecule has 0 unspecified atom stereocenters. The summed E-state index contributed by atoms with van der Waals surface area (Å²) < 4.78 is 0. The molecule has 2 aliphatic rings. The van der Waals surface area contributed by atoms with Gasteiger partial charge in [0, 0.05) is 31.9 Å². The van der Waals surface area contributed by atoms with Crippen LogP contribution in [0.5, 0.6) is 0 Å². The molecule has 4 N–H and O–H groups in total. The van der Waals surface area contributed by atoms with E-state index in [2.05, 4.69) is 16.0 Å². The first kappa shape index (κ1) is 21.4. The summed E-state index contributed by atoms with van der Waals surface area (Å²) in [6, 6.07) is 5.53. The van der Waals surface area contributed by atoms with Crippen LogP contribution in [0, 0.1) is 11.3 Å². The van der Waals surface area contributed by atoms with Crippen molar-refractivity contribution >= 4 is 23.2 Å². The fourth-order valence-electron chi connectivity index (χ4n) is 4.87. The lowest BCUT2D eigenvalue weighted by molar-refractivity contribution is 0.0682. The van der Waals surface area contributed by atoms with Crippen molar-refractivity contribution in [3.05, 3.63) is 28.8 Å². The number of nitrogens with one attached hydrogen (secondary N) is 3. The van der Waals surface area contributed by atoms with Gasteiger partial charge in [-0.25, -0.2) is 0 Å². The van der Waals surface area contributed by atoms with Crippen molar-refractivity contribution in [1.82, 2.24) is 10.6 Å². The largest absolute Gasteiger partial charge is 0.396 e. The number of carbonyl (C=O) groups is 1. The third-order valence-electron chi connectivity index (χ3n) is 6.34. The van der Waals surface area contributed by atoms with Crippen LogP contribution < -0.4 is 16.0 Å². The molecule has 2 saturated carbocycles. The van der Waals surface area contributed by atoms with E-state index in [-0.39, 0.29) is 12.5 Å². The number of benzene rings is 1. The summed E-state index contributed by atoms with van der Waals surface area (Å²) >= 11 is 6.31. The standard InChI is InChI=1S/C22H34ClN3O2/c23-20-7-6-18(25-12-11-24-10-3-13-27)14-19(20)21(28)26-16-22-8-1-4-17(15-22)5-2-9-22/h6-7,14,17,24-25,27H,1-5,8-13,15-16H2,(H,26,28). The number of carbonyl (C=O) groups excluding carboxylic acids is 1. The molecule has 0 aliphatic heterocycles. The second-order valence-electron chi connectivity index (χ2n) is 8.49. The molecular weight excluding hydrogens is 374 g/mol. The van der Waals surface area contributed by atoms with Gasteiger partial charge >= 0.3 is 0 Å². The Labute approximate surface area is 173 Å². The van der Waals surface area contributed by atoms with Crippen LogP contribution >= 0.6 is 11.6 Å². The Morgan fingerprint density at radius 2 is 1.96 bits per heavy atom. The zero-order chi connectivity index (χ0) is 19.8. The second kappa shape index (κ2) is 10.5. The molecule has 0 radical (unpaired) electrons. The highest BCUT2D eigenvalue weighted by Gasteiger charge is 2.39. The number of hydrogen-bond acceptors (Lipinski definition) is 4. The van der Waals surface area contributed by atoms with Crippen molar-refractivity contribution in [2.45, 2.75) is 51.4 Å². The Kier molecular flexibility index (Phi) is 8.00. The predicted octanol–water partition coefficient (Wildman–Crippen LogP) is 3.81. The van der Waals surface area contributed by atoms with Gasteiger partial charge in [0.25, 0.3) is 5.91 Å². The number of hydrogen-bond donors (Lipinski definition) is 4. The highest BCUT2D eigenvalue weighted by atomic mass is 35.5. The number of aliphatic hydroxyl groups excluding tert-OH is 1. The van der Waals surface area contributed by atoms with Gasteiger partial charge in [0.2, 0.25) is 0 Å². The summed E-state index contributed by atoms with van der Waals surface area (Å²) in [6.07, 6.45) is 9.83. The number of amides is 1. The molecule has 0 aromatic heterocycles. The molecule has 156 valence electrons. The SMILES string of the molecule is O=C(NCC12CCCC(CCC1)C2)c1cc(NCCNCCCO)ccc1Cl. The molecule has 5 nitrogen and oxygen atoms in total. The summed E-state index contributed by atoms with van der Waals surface area (Å²) in [7, 11) is 0. The Morgan fingerprint density at radius 3 is 2.71 bits per heavy atom. The molecule has 3 rings (SSSR count). The summed E-state index contributed by atoms with van der Waals surface area (Å²) in [5, 5.41) is 19.0. The number of fused-ring (bicyclic) bond motifs is 2. The van der Waals surface area contributed by atoms with Gasteiger partial charge in [-0.2, -0.15) is 0 Å². The van der Waals surface area contributed by atoms with Gasteiger partial charge in [0.15, 0.2) is 0 Å². The average Bonchev–Trinajstić information content (AvgIpc) is 2.70. The molecule has 2 aliphatic carbocycles. The maximum Gasteiger partial charge on any atom is 0.252 e. The molecule has 0 saturated heterocycles. The second-order valence-corrected chi connectivity index (χ2v) is 8.89. The first-order valence-electron chi connectivity index (χ1n) is 10.8. The van der Waals surface area contributed by atoms with Crippen LogP contribution in [0.1, 0.15) is 61.7 Å². The lowest BCUT2D eigenvalue weighted by Gasteiger charge is -2.45. The molecular formula is C22H34ClN3O2. The van der Waals surface area contributed by atoms with Crippen LogP contribution in [-0.2, 0) is 0 Å². The number of aliphatic hydroxyl groups is 1. The van der Waals surface area contributed by atoms with Crippen LogP contribution in [-0.4, -0.2) is 43.8 Å². The normalized spacial score (nSPS) is 24.0. The summed E-state index contributed by atoms with van der Waals surface area (Å²) in [5.74, 6) is 0.790. The van der Waals surface area contributed by atoms with Crippen molar-refractivity contribution < 1.29 is 9.90 Å². The molecule has 0 spiro atoms. The van der Waals surface area contributed by atoms with Crippen molar-refractivity contribution in [3.8, 4) is 0 Å². The van der Waals surface area contributed by atoms with Gasteiger partial charge in [-0.1, -0.05) is 37.3 Å². The molecule has 1 aromatic rings. The number of anilines is 1. The van der Waals surface area contributed by atoms with E-state index in [1.54, 1.807) is 6.07 Å². The van der Waals surface area contributed by atoms with Crippen LogP contribution in [0.25, 0.3) is 0 Å².